The van der Waals surface area contributed by atoms with E-state index >= 15 is 0 Å². The second-order valence-corrected chi connectivity index (χ2v) is 8.81. The van der Waals surface area contributed by atoms with Gasteiger partial charge in [-0.2, -0.15) is 4.31 Å². The average molecular weight is 390 g/mol. The fourth-order valence-electron chi connectivity index (χ4n) is 3.39. The van der Waals surface area contributed by atoms with Crippen molar-refractivity contribution >= 4 is 21.6 Å². The first-order valence-corrected chi connectivity index (χ1v) is 10.3. The number of carbonyl (C=O) groups is 1. The Balaban J connectivity index is 1.92. The number of aryl methyl sites for hydroxylation is 1. The summed E-state index contributed by atoms with van der Waals surface area (Å²) in [6.45, 7) is 3.93. The van der Waals surface area contributed by atoms with Crippen LogP contribution < -0.4 is 4.90 Å². The molecule has 0 saturated carbocycles. The summed E-state index contributed by atoms with van der Waals surface area (Å²) < 4.78 is 40.6. The Hall–Kier alpha value is -2.25. The van der Waals surface area contributed by atoms with Crippen molar-refractivity contribution < 1.29 is 17.6 Å². The van der Waals surface area contributed by atoms with Crippen LogP contribution in [0.15, 0.2) is 47.4 Å². The molecule has 0 radical (unpaired) electrons. The van der Waals surface area contributed by atoms with Crippen LogP contribution in [0.1, 0.15) is 37.4 Å². The molecular weight excluding hydrogens is 367 g/mol. The molecule has 1 aliphatic rings. The summed E-state index contributed by atoms with van der Waals surface area (Å²) in [5, 5.41) is 0. The Morgan fingerprint density at radius 1 is 1.19 bits per heavy atom. The predicted molar refractivity (Wildman–Crippen MR) is 103 cm³/mol. The van der Waals surface area contributed by atoms with Gasteiger partial charge in [-0.15, -0.1) is 0 Å². The van der Waals surface area contributed by atoms with E-state index in [4.69, 9.17) is 0 Å². The highest BCUT2D eigenvalue weighted by molar-refractivity contribution is 7.89. The van der Waals surface area contributed by atoms with Gasteiger partial charge in [0.2, 0.25) is 15.9 Å². The number of nitrogens with zero attached hydrogens (tertiary/aromatic N) is 2. The van der Waals surface area contributed by atoms with Gasteiger partial charge >= 0.3 is 0 Å². The highest BCUT2D eigenvalue weighted by Crippen LogP contribution is 2.32. The molecule has 0 aromatic heterocycles. The molecule has 0 aliphatic carbocycles. The number of fused-ring (bicyclic) bond motifs is 1. The Kier molecular flexibility index (Phi) is 5.35. The number of hydrogen-bond donors (Lipinski definition) is 0. The Morgan fingerprint density at radius 2 is 1.85 bits per heavy atom. The van der Waals surface area contributed by atoms with E-state index in [9.17, 15) is 17.6 Å². The minimum absolute atomic E-state index is 0.0476. The van der Waals surface area contributed by atoms with E-state index in [1.807, 2.05) is 0 Å². The van der Waals surface area contributed by atoms with Crippen molar-refractivity contribution in [3.05, 3.63) is 59.4 Å². The number of benzene rings is 2. The lowest BCUT2D eigenvalue weighted by atomic mass is 10.0. The second-order valence-electron chi connectivity index (χ2n) is 6.81. The van der Waals surface area contributed by atoms with Crippen molar-refractivity contribution in [2.24, 2.45) is 0 Å². The van der Waals surface area contributed by atoms with E-state index in [2.05, 4.69) is 0 Å². The quantitative estimate of drug-likeness (QED) is 0.803. The Morgan fingerprint density at radius 3 is 2.48 bits per heavy atom. The maximum atomic E-state index is 13.1. The number of amides is 1. The summed E-state index contributed by atoms with van der Waals surface area (Å²) in [5.41, 5.74) is 2.35. The summed E-state index contributed by atoms with van der Waals surface area (Å²) >= 11 is 0. The molecule has 1 heterocycles. The number of rotatable bonds is 4. The van der Waals surface area contributed by atoms with Crippen LogP contribution in [0.3, 0.4) is 0 Å². The molecule has 5 nitrogen and oxygen atoms in total. The van der Waals surface area contributed by atoms with Gasteiger partial charge in [0.25, 0.3) is 0 Å². The summed E-state index contributed by atoms with van der Waals surface area (Å²) in [6, 6.07) is 10.3. The summed E-state index contributed by atoms with van der Waals surface area (Å²) in [7, 11) is -2.21. The van der Waals surface area contributed by atoms with Crippen LogP contribution in [-0.4, -0.2) is 32.2 Å². The zero-order valence-corrected chi connectivity index (χ0v) is 16.5. The molecule has 0 N–H and O–H groups in total. The van der Waals surface area contributed by atoms with Gasteiger partial charge in [0.15, 0.2) is 0 Å². The van der Waals surface area contributed by atoms with Crippen molar-refractivity contribution in [1.29, 1.82) is 0 Å². The van der Waals surface area contributed by atoms with Gasteiger partial charge in [-0.05, 0) is 61.2 Å². The molecule has 144 valence electrons. The van der Waals surface area contributed by atoms with Gasteiger partial charge in [0, 0.05) is 32.2 Å². The minimum Gasteiger partial charge on any atom is -0.312 e. The predicted octanol–water partition coefficient (Wildman–Crippen LogP) is 3.51. The van der Waals surface area contributed by atoms with Crippen LogP contribution in [-0.2, 0) is 21.2 Å². The lowest BCUT2D eigenvalue weighted by Crippen LogP contribution is -2.34. The van der Waals surface area contributed by atoms with E-state index in [0.29, 0.717) is 12.1 Å². The third-order valence-corrected chi connectivity index (χ3v) is 7.05. The molecule has 0 unspecified atom stereocenters. The van der Waals surface area contributed by atoms with Crippen molar-refractivity contribution in [3.63, 3.8) is 0 Å². The average Bonchev–Trinajstić information content (AvgIpc) is 2.66. The lowest BCUT2D eigenvalue weighted by Gasteiger charge is -2.30. The summed E-state index contributed by atoms with van der Waals surface area (Å²) in [4.78, 5) is 13.7. The van der Waals surface area contributed by atoms with Gasteiger partial charge in [-0.3, -0.25) is 4.79 Å². The smallest absolute Gasteiger partial charge is 0.243 e. The highest BCUT2D eigenvalue weighted by Gasteiger charge is 2.28. The van der Waals surface area contributed by atoms with Crippen molar-refractivity contribution in [1.82, 2.24) is 4.31 Å². The molecule has 0 spiro atoms. The molecule has 7 heteroatoms. The third kappa shape index (κ3) is 3.75. The molecule has 1 atom stereocenters. The zero-order chi connectivity index (χ0) is 19.8. The first-order chi connectivity index (χ1) is 12.7. The number of sulfonamides is 1. The zero-order valence-electron chi connectivity index (χ0n) is 15.6. The largest absolute Gasteiger partial charge is 0.312 e. The van der Waals surface area contributed by atoms with Crippen LogP contribution in [0.5, 0.6) is 0 Å². The monoisotopic (exact) mass is 390 g/mol. The standard InChI is InChI=1S/C20H23FN2O3S/c1-14(16-6-8-18(21)9-7-16)22(3)27(25,26)19-10-11-20-17(13-19)5-4-12-23(20)15(2)24/h6-11,13-14H,4-5,12H2,1-3H3/t14-/m1/s1. The van der Waals surface area contributed by atoms with E-state index in [-0.39, 0.29) is 16.6 Å². The number of carbonyl (C=O) groups excluding carboxylic acids is 1. The third-order valence-electron chi connectivity index (χ3n) is 5.12. The van der Waals surface area contributed by atoms with Gasteiger partial charge in [-0.1, -0.05) is 12.1 Å². The molecule has 0 fully saturated rings. The van der Waals surface area contributed by atoms with Crippen LogP contribution >= 0.6 is 0 Å². The molecule has 0 saturated heterocycles. The van der Waals surface area contributed by atoms with Gasteiger partial charge < -0.3 is 4.90 Å². The molecule has 1 aliphatic heterocycles. The topological polar surface area (TPSA) is 57.7 Å². The summed E-state index contributed by atoms with van der Waals surface area (Å²) in [6.07, 6.45) is 1.54. The van der Waals surface area contributed by atoms with E-state index in [1.54, 1.807) is 42.2 Å². The maximum Gasteiger partial charge on any atom is 0.243 e. The Labute approximate surface area is 159 Å². The number of anilines is 1. The molecule has 3 rings (SSSR count). The molecule has 2 aromatic carbocycles. The van der Waals surface area contributed by atoms with Crippen LogP contribution in [0, 0.1) is 5.82 Å². The molecule has 1 amide bonds. The van der Waals surface area contributed by atoms with E-state index < -0.39 is 16.1 Å². The van der Waals surface area contributed by atoms with Crippen LogP contribution in [0.4, 0.5) is 10.1 Å². The minimum atomic E-state index is -3.73. The van der Waals surface area contributed by atoms with Gasteiger partial charge in [0.05, 0.1) is 4.90 Å². The first kappa shape index (κ1) is 19.5. The van der Waals surface area contributed by atoms with Crippen molar-refractivity contribution in [3.8, 4) is 0 Å². The van der Waals surface area contributed by atoms with Crippen LogP contribution in [0.2, 0.25) is 0 Å². The maximum absolute atomic E-state index is 13.1. The number of halogens is 1. The molecule has 2 aromatic rings. The SMILES string of the molecule is CC(=O)N1CCCc2cc(S(=O)(=O)N(C)[C@H](C)c3ccc(F)cc3)ccc21. The molecule has 0 bridgehead atoms. The molecule has 27 heavy (non-hydrogen) atoms. The summed E-state index contributed by atoms with van der Waals surface area (Å²) in [5.74, 6) is -0.408. The number of hydrogen-bond acceptors (Lipinski definition) is 3. The second kappa shape index (κ2) is 7.40. The van der Waals surface area contributed by atoms with E-state index in [1.165, 1.54) is 30.4 Å². The van der Waals surface area contributed by atoms with Crippen molar-refractivity contribution in [2.45, 2.75) is 37.6 Å². The highest BCUT2D eigenvalue weighted by atomic mass is 32.2. The fourth-order valence-corrected chi connectivity index (χ4v) is 4.79. The normalized spacial score (nSPS) is 15.5. The van der Waals surface area contributed by atoms with Gasteiger partial charge in [0.1, 0.15) is 5.82 Å². The van der Waals surface area contributed by atoms with Crippen LogP contribution in [0.25, 0.3) is 0 Å². The van der Waals surface area contributed by atoms with E-state index in [0.717, 1.165) is 24.1 Å². The molecular formula is C20H23FN2O3S. The van der Waals surface area contributed by atoms with Crippen molar-refractivity contribution in [2.75, 3.05) is 18.5 Å². The fraction of sp³-hybridized carbons (Fsp3) is 0.350. The Bertz CT molecular complexity index is 958. The first-order valence-electron chi connectivity index (χ1n) is 8.86. The lowest BCUT2D eigenvalue weighted by molar-refractivity contribution is -0.116. The van der Waals surface area contributed by atoms with Gasteiger partial charge in [-0.25, -0.2) is 12.8 Å².